The van der Waals surface area contributed by atoms with Gasteiger partial charge >= 0.3 is 168 Å². The van der Waals surface area contributed by atoms with Crippen LogP contribution in [0.2, 0.25) is 0 Å². The predicted octanol–water partition coefficient (Wildman–Crippen LogP) is 4.86. The van der Waals surface area contributed by atoms with Crippen LogP contribution in [0.4, 0.5) is 0 Å². The zero-order valence-electron chi connectivity index (χ0n) is 15.1. The molecule has 0 heterocycles. The monoisotopic (exact) mass is 541 g/mol. The fraction of sp³-hybridized carbons (Fsp3) is 0.167. The van der Waals surface area contributed by atoms with Crippen molar-refractivity contribution in [2.45, 2.75) is 26.2 Å². The van der Waals surface area contributed by atoms with E-state index in [0.29, 0.717) is 0 Å². The van der Waals surface area contributed by atoms with E-state index in [0.717, 1.165) is 6.42 Å². The van der Waals surface area contributed by atoms with Crippen molar-refractivity contribution in [3.63, 3.8) is 0 Å². The van der Waals surface area contributed by atoms with Crippen LogP contribution in [0, 0.1) is 10.1 Å². The van der Waals surface area contributed by atoms with Gasteiger partial charge in [0.15, 0.2) is 0 Å². The molecule has 0 spiro atoms. The molecule has 26 heavy (non-hydrogen) atoms. The van der Waals surface area contributed by atoms with E-state index in [9.17, 15) is 0 Å². The molecule has 3 rings (SSSR count). The van der Waals surface area contributed by atoms with E-state index in [2.05, 4.69) is 108 Å². The molecule has 0 aliphatic rings. The third kappa shape index (κ3) is 4.37. The molecule has 0 aliphatic heterocycles. The first-order chi connectivity index (χ1) is 12.9. The van der Waals surface area contributed by atoms with Crippen LogP contribution in [-0.2, 0) is 19.2 Å². The Hall–Kier alpha value is -1.61. The predicted molar refractivity (Wildman–Crippen MR) is 114 cm³/mol. The Labute approximate surface area is 167 Å². The topological polar surface area (TPSA) is 0 Å². The van der Waals surface area contributed by atoms with E-state index in [1.54, 1.807) is 0 Å². The van der Waals surface area contributed by atoms with Gasteiger partial charge in [-0.25, -0.2) is 0 Å². The number of hydrogen-bond donors (Lipinski definition) is 0. The molecule has 0 aromatic heterocycles. The average Bonchev–Trinajstić information content (AvgIpc) is 2.73. The van der Waals surface area contributed by atoms with Crippen LogP contribution in [0.25, 0.3) is 0 Å². The molecule has 0 radical (unpaired) electrons. The van der Waals surface area contributed by atoms with E-state index < -0.39 is 5.15 Å². The van der Waals surface area contributed by atoms with Gasteiger partial charge < -0.3 is 0 Å². The number of rotatable bonds is 6. The summed E-state index contributed by atoms with van der Waals surface area (Å²) in [4.78, 5) is 0. The summed E-state index contributed by atoms with van der Waals surface area (Å²) in [5, 5.41) is 2.37. The molecule has 3 aromatic carbocycles. The minimum absolute atomic E-state index is 0.161. The molecule has 0 N–H and O–H groups in total. The Bertz CT molecular complexity index is 752. The molecule has 0 bridgehead atoms. The van der Waals surface area contributed by atoms with Gasteiger partial charge in [-0.1, -0.05) is 0 Å². The van der Waals surface area contributed by atoms with Crippen LogP contribution in [0.1, 0.15) is 26.2 Å². The average molecular weight is 541 g/mol. The van der Waals surface area contributed by atoms with Crippen LogP contribution in [0.15, 0.2) is 91.0 Å². The Kier molecular flexibility index (Phi) is 7.31. The first kappa shape index (κ1) is 19.2. The fourth-order valence-electron chi connectivity index (χ4n) is 2.98. The summed E-state index contributed by atoms with van der Waals surface area (Å²) in [6.45, 7) is 2.23. The summed E-state index contributed by atoms with van der Waals surface area (Å²) in [7, 11) is 0. The quantitative estimate of drug-likeness (QED) is 0.181. The van der Waals surface area contributed by atoms with Gasteiger partial charge in [-0.15, -0.1) is 0 Å². The number of unbranched alkanes of at least 4 members (excludes halogenated alkanes) is 2. The van der Waals surface area contributed by atoms with Crippen molar-refractivity contribution in [2.24, 2.45) is 0 Å². The molecule has 0 nitrogen and oxygen atoms in total. The Balaban J connectivity index is 2.16. The van der Waals surface area contributed by atoms with Crippen LogP contribution in [-0.4, -0.2) is 0 Å². The van der Waals surface area contributed by atoms with Gasteiger partial charge in [0.1, 0.15) is 0 Å². The molecular weight excluding hydrogens is 516 g/mol. The SMILES string of the molecule is CCCCC#[C][Au][PH](c1ccccc1)(c1ccccc1)c1ccccc1. The summed E-state index contributed by atoms with van der Waals surface area (Å²) in [5.74, 6) is 3.48. The van der Waals surface area contributed by atoms with Crippen molar-refractivity contribution in [3.8, 4) is 10.1 Å². The first-order valence-electron chi connectivity index (χ1n) is 9.09. The first-order valence-corrected chi connectivity index (χ1v) is 15.2. The minimum atomic E-state index is -2.06. The fourth-order valence-corrected chi connectivity index (χ4v) is 14.4. The van der Waals surface area contributed by atoms with E-state index in [-0.39, 0.29) is 19.2 Å². The number of hydrogen-bond acceptors (Lipinski definition) is 0. The van der Waals surface area contributed by atoms with Crippen molar-refractivity contribution in [1.29, 1.82) is 0 Å². The maximum atomic E-state index is 3.67. The van der Waals surface area contributed by atoms with Crippen LogP contribution >= 0.6 is 5.15 Å². The number of benzene rings is 3. The van der Waals surface area contributed by atoms with Crippen LogP contribution in [0.3, 0.4) is 0 Å². The molecule has 3 aromatic rings. The molecule has 0 saturated carbocycles. The van der Waals surface area contributed by atoms with Gasteiger partial charge in [0.25, 0.3) is 0 Å². The molecular formula is C24H25AuP. The van der Waals surface area contributed by atoms with E-state index in [1.165, 1.54) is 28.8 Å². The Morgan fingerprint density at radius 3 is 1.50 bits per heavy atom. The molecule has 0 fully saturated rings. The summed E-state index contributed by atoms with van der Waals surface area (Å²) in [6.07, 6.45) is 3.44. The van der Waals surface area contributed by atoms with Crippen molar-refractivity contribution < 1.29 is 19.2 Å². The molecule has 0 aliphatic carbocycles. The Morgan fingerprint density at radius 1 is 0.692 bits per heavy atom. The molecule has 137 valence electrons. The zero-order chi connectivity index (χ0) is 18.1. The molecule has 0 atom stereocenters. The van der Waals surface area contributed by atoms with E-state index in [1.807, 2.05) is 0 Å². The molecule has 0 saturated heterocycles. The second-order valence-corrected chi connectivity index (χ2v) is 16.3. The molecule has 2 heteroatoms. The second-order valence-electron chi connectivity index (χ2n) is 6.13. The third-order valence-corrected chi connectivity index (χ3v) is 17.1. The maximum absolute atomic E-state index is 3.67. The van der Waals surface area contributed by atoms with Crippen molar-refractivity contribution in [3.05, 3.63) is 91.0 Å². The normalized spacial score (nSPS) is 11.6. The van der Waals surface area contributed by atoms with Gasteiger partial charge in [-0.05, 0) is 0 Å². The standard InChI is InChI=1S/C18H15P.C6H9.Au/c1-4-10-16(11-5-1)19(17-12-6-2-7-13-17)18-14-8-3-9-15-18;1-3-5-6-4-2;/h1-15H;3,5-6H2,1H3;/q;;-1/p+1. The molecule has 0 unspecified atom stereocenters. The van der Waals surface area contributed by atoms with Gasteiger partial charge in [0, 0.05) is 0 Å². The summed E-state index contributed by atoms with van der Waals surface area (Å²) in [5.41, 5.74) is 0. The van der Waals surface area contributed by atoms with Crippen LogP contribution < -0.4 is 15.9 Å². The third-order valence-electron chi connectivity index (χ3n) is 4.31. The summed E-state index contributed by atoms with van der Waals surface area (Å²) < 4.78 is 3.67. The summed E-state index contributed by atoms with van der Waals surface area (Å²) >= 11 is -0.161. The Morgan fingerprint density at radius 2 is 1.12 bits per heavy atom. The van der Waals surface area contributed by atoms with Gasteiger partial charge in [-0.2, -0.15) is 0 Å². The van der Waals surface area contributed by atoms with Crippen molar-refractivity contribution in [2.75, 3.05) is 0 Å². The van der Waals surface area contributed by atoms with Gasteiger partial charge in [0.05, 0.1) is 0 Å². The summed E-state index contributed by atoms with van der Waals surface area (Å²) in [6, 6.07) is 33.3. The van der Waals surface area contributed by atoms with Gasteiger partial charge in [-0.3, -0.25) is 0 Å². The van der Waals surface area contributed by atoms with Gasteiger partial charge in [0.2, 0.25) is 0 Å². The zero-order valence-corrected chi connectivity index (χ0v) is 18.2. The van der Waals surface area contributed by atoms with E-state index in [4.69, 9.17) is 0 Å². The van der Waals surface area contributed by atoms with Crippen LogP contribution in [0.5, 0.6) is 0 Å². The molecule has 0 amide bonds. The van der Waals surface area contributed by atoms with Crippen molar-refractivity contribution in [1.82, 2.24) is 0 Å². The van der Waals surface area contributed by atoms with Crippen molar-refractivity contribution >= 4 is 21.1 Å². The second kappa shape index (κ2) is 9.91. The van der Waals surface area contributed by atoms with E-state index >= 15 is 0 Å².